The molecule has 0 aliphatic carbocycles. The van der Waals surface area contributed by atoms with Gasteiger partial charge in [0, 0.05) is 12.6 Å². The SMILES string of the molecule is CSCC[C@@]1(NC(=O)OC(C)(C)C)C(=O)c2ccccc2N(C)C1=O. The van der Waals surface area contributed by atoms with Crippen molar-refractivity contribution in [2.45, 2.75) is 38.3 Å². The van der Waals surface area contributed by atoms with E-state index in [-0.39, 0.29) is 6.42 Å². The number of Topliss-reactive ketones (excluding diaryl/α,β-unsaturated/α-hetero) is 1. The van der Waals surface area contributed by atoms with Crippen molar-refractivity contribution < 1.29 is 19.1 Å². The number of ether oxygens (including phenoxy) is 1. The van der Waals surface area contributed by atoms with Crippen molar-refractivity contribution in [2.24, 2.45) is 0 Å². The molecule has 0 unspecified atom stereocenters. The lowest BCUT2D eigenvalue weighted by Gasteiger charge is -2.40. The molecule has 1 heterocycles. The van der Waals surface area contributed by atoms with Crippen LogP contribution in [0.5, 0.6) is 0 Å². The topological polar surface area (TPSA) is 75.7 Å². The zero-order valence-corrected chi connectivity index (χ0v) is 16.0. The highest BCUT2D eigenvalue weighted by molar-refractivity contribution is 7.98. The maximum atomic E-state index is 13.2. The third-order valence-corrected chi connectivity index (χ3v) is 4.58. The van der Waals surface area contributed by atoms with Crippen LogP contribution < -0.4 is 10.2 Å². The van der Waals surface area contributed by atoms with Crippen molar-refractivity contribution in [2.75, 3.05) is 24.0 Å². The molecule has 0 saturated heterocycles. The van der Waals surface area contributed by atoms with Crippen LogP contribution in [0.15, 0.2) is 24.3 Å². The largest absolute Gasteiger partial charge is 0.444 e. The number of fused-ring (bicyclic) bond motifs is 1. The first-order valence-electron chi connectivity index (χ1n) is 8.04. The number of nitrogens with zero attached hydrogens (tertiary/aromatic N) is 1. The lowest BCUT2D eigenvalue weighted by Crippen LogP contribution is -2.67. The zero-order chi connectivity index (χ0) is 18.8. The molecule has 1 aliphatic rings. The number of ketones is 1. The first-order valence-corrected chi connectivity index (χ1v) is 9.44. The van der Waals surface area contributed by atoms with Crippen LogP contribution >= 0.6 is 11.8 Å². The molecule has 1 N–H and O–H groups in total. The summed E-state index contributed by atoms with van der Waals surface area (Å²) in [5.41, 5.74) is -1.41. The molecule has 0 fully saturated rings. The van der Waals surface area contributed by atoms with Gasteiger partial charge in [-0.25, -0.2) is 4.79 Å². The number of thioether (sulfide) groups is 1. The van der Waals surface area contributed by atoms with Gasteiger partial charge in [0.1, 0.15) is 5.60 Å². The van der Waals surface area contributed by atoms with E-state index in [2.05, 4.69) is 5.32 Å². The van der Waals surface area contributed by atoms with Crippen molar-refractivity contribution in [1.82, 2.24) is 5.32 Å². The Morgan fingerprint density at radius 3 is 2.52 bits per heavy atom. The predicted octanol–water partition coefficient (Wildman–Crippen LogP) is 2.86. The van der Waals surface area contributed by atoms with E-state index >= 15 is 0 Å². The summed E-state index contributed by atoms with van der Waals surface area (Å²) >= 11 is 1.51. The molecule has 7 heteroatoms. The number of likely N-dealkylation sites (N-methyl/N-ethyl adjacent to an activating group) is 1. The molecule has 6 nitrogen and oxygen atoms in total. The van der Waals surface area contributed by atoms with Gasteiger partial charge in [-0.05, 0) is 51.3 Å². The second-order valence-corrected chi connectivity index (χ2v) is 7.97. The fourth-order valence-corrected chi connectivity index (χ4v) is 3.32. The van der Waals surface area contributed by atoms with E-state index in [4.69, 9.17) is 4.74 Å². The molecule has 0 saturated carbocycles. The lowest BCUT2D eigenvalue weighted by atomic mass is 9.81. The number of amides is 2. The van der Waals surface area contributed by atoms with Crippen molar-refractivity contribution in [1.29, 1.82) is 0 Å². The molecular weight excluding hydrogens is 340 g/mol. The van der Waals surface area contributed by atoms with Crippen LogP contribution in [0.3, 0.4) is 0 Å². The van der Waals surface area contributed by atoms with E-state index in [1.807, 2.05) is 6.26 Å². The second kappa shape index (κ2) is 7.07. The van der Waals surface area contributed by atoms with Crippen LogP contribution in [0.4, 0.5) is 10.5 Å². The van der Waals surface area contributed by atoms with E-state index in [1.165, 1.54) is 16.7 Å². The fourth-order valence-electron chi connectivity index (χ4n) is 2.81. The number of anilines is 1. The smallest absolute Gasteiger partial charge is 0.408 e. The summed E-state index contributed by atoms with van der Waals surface area (Å²) in [6.45, 7) is 5.19. The standard InChI is InChI=1S/C18H24N2O4S/c1-17(2,3)24-16(23)19-18(10-11-25-5)14(21)12-8-6-7-9-13(12)20(4)15(18)22/h6-9H,10-11H2,1-5H3,(H,19,23)/t18-/m1/s1. The van der Waals surface area contributed by atoms with E-state index in [1.54, 1.807) is 52.1 Å². The Bertz CT molecular complexity index is 699. The van der Waals surface area contributed by atoms with Crippen molar-refractivity contribution >= 4 is 35.2 Å². The summed E-state index contributed by atoms with van der Waals surface area (Å²) in [6.07, 6.45) is 1.31. The highest BCUT2D eigenvalue weighted by Crippen LogP contribution is 2.34. The summed E-state index contributed by atoms with van der Waals surface area (Å²) in [7, 11) is 1.61. The number of hydrogen-bond donors (Lipinski definition) is 1. The maximum absolute atomic E-state index is 13.2. The summed E-state index contributed by atoms with van der Waals surface area (Å²) in [5.74, 6) is -0.300. The molecule has 0 radical (unpaired) electrons. The molecule has 0 aromatic heterocycles. The van der Waals surface area contributed by atoms with E-state index in [0.717, 1.165) is 0 Å². The predicted molar refractivity (Wildman–Crippen MR) is 99.3 cm³/mol. The third-order valence-electron chi connectivity index (χ3n) is 3.96. The molecule has 1 aromatic rings. The Hall–Kier alpha value is -2.02. The molecule has 25 heavy (non-hydrogen) atoms. The van der Waals surface area contributed by atoms with E-state index < -0.39 is 28.9 Å². The Morgan fingerprint density at radius 1 is 1.28 bits per heavy atom. The minimum absolute atomic E-state index is 0.198. The van der Waals surface area contributed by atoms with Crippen LogP contribution in [-0.4, -0.2) is 48.0 Å². The number of alkyl carbamates (subject to hydrolysis) is 1. The van der Waals surface area contributed by atoms with Gasteiger partial charge in [-0.3, -0.25) is 14.9 Å². The number of rotatable bonds is 4. The van der Waals surface area contributed by atoms with Crippen LogP contribution in [0.2, 0.25) is 0 Å². The van der Waals surface area contributed by atoms with Crippen LogP contribution in [-0.2, 0) is 9.53 Å². The Kier molecular flexibility index (Phi) is 5.46. The van der Waals surface area contributed by atoms with Crippen molar-refractivity contribution in [3.05, 3.63) is 29.8 Å². The molecule has 2 amide bonds. The molecule has 1 atom stereocenters. The highest BCUT2D eigenvalue weighted by atomic mass is 32.2. The fraction of sp³-hybridized carbons (Fsp3) is 0.500. The van der Waals surface area contributed by atoms with Crippen LogP contribution in [0, 0.1) is 0 Å². The Morgan fingerprint density at radius 2 is 1.92 bits per heavy atom. The van der Waals surface area contributed by atoms with E-state index in [9.17, 15) is 14.4 Å². The Labute approximate surface area is 152 Å². The number of para-hydroxylation sites is 1. The molecule has 0 bridgehead atoms. The quantitative estimate of drug-likeness (QED) is 0.832. The first kappa shape index (κ1) is 19.3. The zero-order valence-electron chi connectivity index (χ0n) is 15.2. The van der Waals surface area contributed by atoms with Gasteiger partial charge in [0.05, 0.1) is 5.69 Å². The van der Waals surface area contributed by atoms with Gasteiger partial charge in [0.25, 0.3) is 5.91 Å². The number of carbonyl (C=O) groups excluding carboxylic acids is 3. The number of hydrogen-bond acceptors (Lipinski definition) is 5. The maximum Gasteiger partial charge on any atom is 0.408 e. The number of nitrogens with one attached hydrogen (secondary N) is 1. The first-order chi connectivity index (χ1) is 11.6. The highest BCUT2D eigenvalue weighted by Gasteiger charge is 2.53. The molecular formula is C18H24N2O4S. The van der Waals surface area contributed by atoms with Gasteiger partial charge >= 0.3 is 6.09 Å². The monoisotopic (exact) mass is 364 g/mol. The molecule has 1 aromatic carbocycles. The minimum atomic E-state index is -1.64. The Balaban J connectivity index is 2.46. The normalized spacial score (nSPS) is 20.3. The van der Waals surface area contributed by atoms with Gasteiger partial charge < -0.3 is 9.64 Å². The lowest BCUT2D eigenvalue weighted by molar-refractivity contribution is -0.123. The molecule has 1 aliphatic heterocycles. The van der Waals surface area contributed by atoms with E-state index in [0.29, 0.717) is 17.0 Å². The molecule has 136 valence electrons. The van der Waals surface area contributed by atoms with Gasteiger partial charge in [-0.2, -0.15) is 11.8 Å². The summed E-state index contributed by atoms with van der Waals surface area (Å²) in [4.78, 5) is 40.0. The second-order valence-electron chi connectivity index (χ2n) is 6.99. The third kappa shape index (κ3) is 3.81. The minimum Gasteiger partial charge on any atom is -0.444 e. The van der Waals surface area contributed by atoms with Crippen LogP contribution in [0.1, 0.15) is 37.6 Å². The van der Waals surface area contributed by atoms with Gasteiger partial charge in [-0.15, -0.1) is 0 Å². The van der Waals surface area contributed by atoms with Crippen LogP contribution in [0.25, 0.3) is 0 Å². The van der Waals surface area contributed by atoms with Gasteiger partial charge in [0.15, 0.2) is 11.3 Å². The summed E-state index contributed by atoms with van der Waals surface area (Å²) in [6, 6.07) is 6.90. The molecule has 2 rings (SSSR count). The van der Waals surface area contributed by atoms with Crippen molar-refractivity contribution in [3.8, 4) is 0 Å². The van der Waals surface area contributed by atoms with Gasteiger partial charge in [0.2, 0.25) is 0 Å². The summed E-state index contributed by atoms with van der Waals surface area (Å²) in [5, 5.41) is 2.58. The number of benzene rings is 1. The van der Waals surface area contributed by atoms with Gasteiger partial charge in [-0.1, -0.05) is 12.1 Å². The number of carbonyl (C=O) groups is 3. The summed E-state index contributed by atoms with van der Waals surface area (Å²) < 4.78 is 5.29. The average Bonchev–Trinajstić information content (AvgIpc) is 2.54. The molecule has 0 spiro atoms. The van der Waals surface area contributed by atoms with Crippen molar-refractivity contribution in [3.63, 3.8) is 0 Å². The average molecular weight is 364 g/mol.